The lowest BCUT2D eigenvalue weighted by molar-refractivity contribution is 0.0854. The summed E-state index contributed by atoms with van der Waals surface area (Å²) in [5, 5.41) is 3.27. The van der Waals surface area contributed by atoms with E-state index in [1.54, 1.807) is 0 Å². The smallest absolute Gasteiger partial charge is 0.0510 e. The van der Waals surface area contributed by atoms with Crippen LogP contribution in [0.25, 0.3) is 0 Å². The van der Waals surface area contributed by atoms with E-state index in [0.29, 0.717) is 12.1 Å². The van der Waals surface area contributed by atoms with Crippen molar-refractivity contribution in [2.24, 2.45) is 0 Å². The van der Waals surface area contributed by atoms with Gasteiger partial charge in [0.05, 0.1) is 5.69 Å². The number of halogens is 1. The average Bonchev–Trinajstić information content (AvgIpc) is 2.46. The normalized spacial score (nSPS) is 18.3. The molecule has 1 atom stereocenters. The van der Waals surface area contributed by atoms with Gasteiger partial charge in [0.1, 0.15) is 0 Å². The summed E-state index contributed by atoms with van der Waals surface area (Å²) in [6.45, 7) is 3.92. The molecule has 1 aromatic rings. The lowest BCUT2D eigenvalue weighted by Gasteiger charge is -2.33. The topological polar surface area (TPSA) is 24.5 Å². The van der Waals surface area contributed by atoms with E-state index in [4.69, 9.17) is 4.74 Å². The van der Waals surface area contributed by atoms with Gasteiger partial charge in [0, 0.05) is 36.8 Å². The molecule has 1 saturated heterocycles. The van der Waals surface area contributed by atoms with E-state index in [1.807, 2.05) is 7.05 Å². The van der Waals surface area contributed by atoms with E-state index in [9.17, 15) is 0 Å². The highest BCUT2D eigenvalue weighted by atomic mass is 79.9. The van der Waals surface area contributed by atoms with Crippen molar-refractivity contribution in [1.82, 2.24) is 5.32 Å². The first-order valence-corrected chi connectivity index (χ1v) is 7.70. The Morgan fingerprint density at radius 2 is 2.05 bits per heavy atom. The Bertz CT molecular complexity index is 419. The Balaban J connectivity index is 2.15. The summed E-state index contributed by atoms with van der Waals surface area (Å²) < 4.78 is 6.60. The number of hydrogen-bond acceptors (Lipinski definition) is 3. The number of nitrogens with one attached hydrogen (secondary N) is 1. The Morgan fingerprint density at radius 3 is 2.63 bits per heavy atom. The van der Waals surface area contributed by atoms with Gasteiger partial charge in [0.25, 0.3) is 0 Å². The minimum Gasteiger partial charge on any atom is -0.381 e. The molecule has 0 aromatic heterocycles. The Labute approximate surface area is 124 Å². The number of benzene rings is 1. The summed E-state index contributed by atoms with van der Waals surface area (Å²) in [7, 11) is 4.16. The number of ether oxygens (including phenoxy) is 1. The zero-order valence-electron chi connectivity index (χ0n) is 11.9. The van der Waals surface area contributed by atoms with Gasteiger partial charge >= 0.3 is 0 Å². The maximum absolute atomic E-state index is 5.43. The molecule has 19 heavy (non-hydrogen) atoms. The molecular weight excluding hydrogens is 304 g/mol. The van der Waals surface area contributed by atoms with E-state index < -0.39 is 0 Å². The second-order valence-electron chi connectivity index (χ2n) is 5.18. The predicted molar refractivity (Wildman–Crippen MR) is 83.9 cm³/mol. The quantitative estimate of drug-likeness (QED) is 0.918. The second kappa shape index (κ2) is 6.73. The maximum atomic E-state index is 5.43. The highest BCUT2D eigenvalue weighted by molar-refractivity contribution is 9.10. The molecule has 0 aliphatic carbocycles. The minimum atomic E-state index is 0.374. The highest BCUT2D eigenvalue weighted by Crippen LogP contribution is 2.31. The molecule has 4 heteroatoms. The van der Waals surface area contributed by atoms with Crippen molar-refractivity contribution in [1.29, 1.82) is 0 Å². The van der Waals surface area contributed by atoms with Gasteiger partial charge in [0.2, 0.25) is 0 Å². The fourth-order valence-corrected chi connectivity index (χ4v) is 3.19. The van der Waals surface area contributed by atoms with Crippen LogP contribution in [0.4, 0.5) is 5.69 Å². The van der Waals surface area contributed by atoms with Gasteiger partial charge in [-0.05, 0) is 60.4 Å². The first-order valence-electron chi connectivity index (χ1n) is 6.90. The van der Waals surface area contributed by atoms with Crippen molar-refractivity contribution in [2.75, 3.05) is 32.2 Å². The highest BCUT2D eigenvalue weighted by Gasteiger charge is 2.20. The van der Waals surface area contributed by atoms with Crippen molar-refractivity contribution in [2.45, 2.75) is 31.8 Å². The minimum absolute atomic E-state index is 0.374. The van der Waals surface area contributed by atoms with Crippen LogP contribution < -0.4 is 10.2 Å². The van der Waals surface area contributed by atoms with Gasteiger partial charge in [-0.15, -0.1) is 0 Å². The predicted octanol–water partition coefficient (Wildman–Crippen LogP) is 3.34. The third-order valence-electron chi connectivity index (χ3n) is 4.02. The van der Waals surface area contributed by atoms with Crippen LogP contribution in [-0.4, -0.2) is 33.4 Å². The van der Waals surface area contributed by atoms with Crippen molar-refractivity contribution < 1.29 is 4.74 Å². The molecule has 0 amide bonds. The van der Waals surface area contributed by atoms with E-state index in [-0.39, 0.29) is 0 Å². The number of hydrogen-bond donors (Lipinski definition) is 1. The van der Waals surface area contributed by atoms with Gasteiger partial charge < -0.3 is 15.0 Å². The maximum Gasteiger partial charge on any atom is 0.0510 e. The average molecular weight is 327 g/mol. The van der Waals surface area contributed by atoms with Crippen LogP contribution >= 0.6 is 15.9 Å². The molecule has 1 fully saturated rings. The third kappa shape index (κ3) is 3.50. The molecule has 0 radical (unpaired) electrons. The summed E-state index contributed by atoms with van der Waals surface area (Å²) in [6, 6.07) is 7.59. The Kier molecular flexibility index (Phi) is 5.25. The molecule has 0 saturated carbocycles. The van der Waals surface area contributed by atoms with Crippen LogP contribution in [0, 0.1) is 0 Å². The van der Waals surface area contributed by atoms with Crippen LogP contribution in [0.15, 0.2) is 22.7 Å². The number of anilines is 1. The van der Waals surface area contributed by atoms with Crippen LogP contribution in [0.5, 0.6) is 0 Å². The summed E-state index contributed by atoms with van der Waals surface area (Å²) >= 11 is 3.71. The molecule has 106 valence electrons. The zero-order valence-corrected chi connectivity index (χ0v) is 13.5. The first kappa shape index (κ1) is 14.8. The zero-order chi connectivity index (χ0) is 13.8. The van der Waals surface area contributed by atoms with Gasteiger partial charge in [-0.3, -0.25) is 0 Å². The third-order valence-corrected chi connectivity index (χ3v) is 4.66. The van der Waals surface area contributed by atoms with Crippen molar-refractivity contribution in [3.8, 4) is 0 Å². The van der Waals surface area contributed by atoms with E-state index in [1.165, 1.54) is 15.7 Å². The van der Waals surface area contributed by atoms with Gasteiger partial charge in [-0.2, -0.15) is 0 Å². The SMILES string of the molecule is CNC(C)c1ccc(N(C)C2CCOCC2)c(Br)c1. The summed E-state index contributed by atoms with van der Waals surface area (Å²) in [4.78, 5) is 2.38. The van der Waals surface area contributed by atoms with Crippen molar-refractivity contribution in [3.05, 3.63) is 28.2 Å². The number of rotatable bonds is 4. The van der Waals surface area contributed by atoms with Crippen LogP contribution in [0.2, 0.25) is 0 Å². The molecular formula is C15H23BrN2O. The fraction of sp³-hybridized carbons (Fsp3) is 0.600. The van der Waals surface area contributed by atoms with E-state index in [2.05, 4.69) is 58.3 Å². The van der Waals surface area contributed by atoms with Gasteiger partial charge in [-0.25, -0.2) is 0 Å². The molecule has 0 spiro atoms. The van der Waals surface area contributed by atoms with Crippen LogP contribution in [0.1, 0.15) is 31.4 Å². The second-order valence-corrected chi connectivity index (χ2v) is 6.03. The molecule has 3 nitrogen and oxygen atoms in total. The number of nitrogens with zero attached hydrogens (tertiary/aromatic N) is 1. The molecule has 1 aliphatic heterocycles. The monoisotopic (exact) mass is 326 g/mol. The molecule has 1 heterocycles. The molecule has 1 aromatic carbocycles. The van der Waals surface area contributed by atoms with E-state index >= 15 is 0 Å². The molecule has 2 rings (SSSR count). The lowest BCUT2D eigenvalue weighted by Crippen LogP contribution is -2.36. The largest absolute Gasteiger partial charge is 0.381 e. The lowest BCUT2D eigenvalue weighted by atomic mass is 10.0. The molecule has 1 aliphatic rings. The summed E-state index contributed by atoms with van der Waals surface area (Å²) in [5.41, 5.74) is 2.57. The molecule has 1 unspecified atom stereocenters. The van der Waals surface area contributed by atoms with Gasteiger partial charge in [0.15, 0.2) is 0 Å². The van der Waals surface area contributed by atoms with Crippen molar-refractivity contribution >= 4 is 21.6 Å². The van der Waals surface area contributed by atoms with Crippen LogP contribution in [-0.2, 0) is 4.74 Å². The Hall–Kier alpha value is -0.580. The molecule has 1 N–H and O–H groups in total. The Morgan fingerprint density at radius 1 is 1.37 bits per heavy atom. The summed E-state index contributed by atoms with van der Waals surface area (Å²) in [6.07, 6.45) is 2.22. The van der Waals surface area contributed by atoms with Gasteiger partial charge in [-0.1, -0.05) is 6.07 Å². The van der Waals surface area contributed by atoms with Crippen LogP contribution in [0.3, 0.4) is 0 Å². The van der Waals surface area contributed by atoms with E-state index in [0.717, 1.165) is 26.1 Å². The molecule has 0 bridgehead atoms. The van der Waals surface area contributed by atoms with Crippen molar-refractivity contribution in [3.63, 3.8) is 0 Å². The first-order chi connectivity index (χ1) is 9.13. The standard InChI is InChI=1S/C15H23BrN2O/c1-11(17-2)12-4-5-15(14(16)10-12)18(3)13-6-8-19-9-7-13/h4-5,10-11,13,17H,6-9H2,1-3H3. The summed E-state index contributed by atoms with van der Waals surface area (Å²) in [5.74, 6) is 0. The fourth-order valence-electron chi connectivity index (χ4n) is 2.51.